The molecule has 6 nitrogen and oxygen atoms in total. The van der Waals surface area contributed by atoms with Crippen molar-refractivity contribution in [3.8, 4) is 0 Å². The summed E-state index contributed by atoms with van der Waals surface area (Å²) in [6.45, 7) is 4.25. The van der Waals surface area contributed by atoms with E-state index in [1.165, 1.54) is 7.11 Å². The summed E-state index contributed by atoms with van der Waals surface area (Å²) < 4.78 is 9.74. The van der Waals surface area contributed by atoms with Gasteiger partial charge in [-0.25, -0.2) is 4.79 Å². The molecule has 6 heteroatoms. The lowest BCUT2D eigenvalue weighted by molar-refractivity contribution is -0.141. The summed E-state index contributed by atoms with van der Waals surface area (Å²) in [7, 11) is 1.37. The number of hydrogen-bond acceptors (Lipinski definition) is 5. The van der Waals surface area contributed by atoms with Crippen LogP contribution in [0.1, 0.15) is 12.0 Å². The topological polar surface area (TPSA) is 84.3 Å². The fourth-order valence-electron chi connectivity index (χ4n) is 2.15. The predicted molar refractivity (Wildman–Crippen MR) is 79.2 cm³/mol. The number of benzene rings is 1. The van der Waals surface area contributed by atoms with Crippen molar-refractivity contribution in [2.45, 2.75) is 18.9 Å². The Bertz CT molecular complexity index is 686. The minimum absolute atomic E-state index is 0.0708. The van der Waals surface area contributed by atoms with E-state index in [2.05, 4.69) is 16.9 Å². The second-order valence-corrected chi connectivity index (χ2v) is 4.72. The number of carbonyl (C=O) groups is 1. The van der Waals surface area contributed by atoms with Gasteiger partial charge < -0.3 is 14.5 Å². The number of H-pyrrole nitrogens is 1. The number of aromatic nitrogens is 1. The van der Waals surface area contributed by atoms with Crippen molar-refractivity contribution >= 4 is 17.1 Å². The SMILES string of the molecule is C=CCNC(CC(=O)OC)Cc1ccc2[nH]c(=O)oc2c1. The standard InChI is InChI=1S/C15H18N2O4/c1-3-6-16-11(9-14(18)20-2)7-10-4-5-12-13(8-10)21-15(19)17-12/h3-5,8,11,16H,1,6-7,9H2,2H3,(H,17,19). The van der Waals surface area contributed by atoms with Crippen LogP contribution in [0.5, 0.6) is 0 Å². The van der Waals surface area contributed by atoms with Crippen LogP contribution in [0, 0.1) is 0 Å². The zero-order valence-electron chi connectivity index (χ0n) is 11.8. The van der Waals surface area contributed by atoms with Crippen LogP contribution in [0.4, 0.5) is 0 Å². The van der Waals surface area contributed by atoms with Crippen molar-refractivity contribution in [2.24, 2.45) is 0 Å². The Labute approximate surface area is 121 Å². The van der Waals surface area contributed by atoms with E-state index < -0.39 is 5.76 Å². The van der Waals surface area contributed by atoms with Crippen LogP contribution >= 0.6 is 0 Å². The summed E-state index contributed by atoms with van der Waals surface area (Å²) in [5.74, 6) is -0.746. The highest BCUT2D eigenvalue weighted by atomic mass is 16.5. The van der Waals surface area contributed by atoms with Crippen molar-refractivity contribution in [3.05, 3.63) is 47.0 Å². The third-order valence-electron chi connectivity index (χ3n) is 3.16. The number of methoxy groups -OCH3 is 1. The number of fused-ring (bicyclic) bond motifs is 1. The first-order chi connectivity index (χ1) is 10.1. The van der Waals surface area contributed by atoms with E-state index in [1.807, 2.05) is 6.07 Å². The number of aromatic amines is 1. The van der Waals surface area contributed by atoms with Crippen LogP contribution in [0.3, 0.4) is 0 Å². The molecule has 21 heavy (non-hydrogen) atoms. The number of oxazole rings is 1. The maximum atomic E-state index is 11.4. The minimum atomic E-state index is -0.474. The monoisotopic (exact) mass is 290 g/mol. The highest BCUT2D eigenvalue weighted by molar-refractivity contribution is 5.73. The highest BCUT2D eigenvalue weighted by Crippen LogP contribution is 2.14. The van der Waals surface area contributed by atoms with E-state index in [-0.39, 0.29) is 18.4 Å². The van der Waals surface area contributed by atoms with Crippen molar-refractivity contribution < 1.29 is 13.9 Å². The average Bonchev–Trinajstić information content (AvgIpc) is 2.83. The Morgan fingerprint density at radius 1 is 1.57 bits per heavy atom. The Hall–Kier alpha value is -2.34. The Morgan fingerprint density at radius 3 is 3.10 bits per heavy atom. The molecule has 0 saturated carbocycles. The smallest absolute Gasteiger partial charge is 0.417 e. The normalized spacial score (nSPS) is 12.2. The quantitative estimate of drug-likeness (QED) is 0.594. The molecule has 2 rings (SSSR count). The average molecular weight is 290 g/mol. The number of esters is 1. The third kappa shape index (κ3) is 4.06. The highest BCUT2D eigenvalue weighted by Gasteiger charge is 2.14. The first-order valence-electron chi connectivity index (χ1n) is 6.65. The van der Waals surface area contributed by atoms with E-state index >= 15 is 0 Å². The molecule has 1 aromatic carbocycles. The summed E-state index contributed by atoms with van der Waals surface area (Å²) in [5.41, 5.74) is 2.14. The number of nitrogens with one attached hydrogen (secondary N) is 2. The molecule has 0 bridgehead atoms. The molecule has 0 saturated heterocycles. The van der Waals surface area contributed by atoms with Gasteiger partial charge in [-0.05, 0) is 24.1 Å². The number of hydrogen-bond donors (Lipinski definition) is 2. The maximum Gasteiger partial charge on any atom is 0.417 e. The predicted octanol–water partition coefficient (Wildman–Crippen LogP) is 1.37. The molecule has 0 aliphatic heterocycles. The van der Waals surface area contributed by atoms with Gasteiger partial charge in [0.15, 0.2) is 5.58 Å². The number of ether oxygens (including phenoxy) is 1. The van der Waals surface area contributed by atoms with E-state index in [1.54, 1.807) is 18.2 Å². The fourth-order valence-corrected chi connectivity index (χ4v) is 2.15. The van der Waals surface area contributed by atoms with Crippen LogP contribution in [-0.2, 0) is 16.0 Å². The number of carbonyl (C=O) groups excluding carboxylic acids is 1. The lowest BCUT2D eigenvalue weighted by Crippen LogP contribution is -2.33. The summed E-state index contributed by atoms with van der Waals surface area (Å²) in [4.78, 5) is 25.2. The molecule has 112 valence electrons. The Morgan fingerprint density at radius 2 is 2.38 bits per heavy atom. The van der Waals surface area contributed by atoms with Gasteiger partial charge in [-0.1, -0.05) is 12.1 Å². The van der Waals surface area contributed by atoms with Crippen LogP contribution < -0.4 is 11.1 Å². The first kappa shape index (κ1) is 15.1. The largest absolute Gasteiger partial charge is 0.469 e. The lowest BCUT2D eigenvalue weighted by atomic mass is 10.0. The van der Waals surface area contributed by atoms with Crippen LogP contribution in [0.15, 0.2) is 40.1 Å². The molecular formula is C15H18N2O4. The zero-order valence-corrected chi connectivity index (χ0v) is 11.8. The molecule has 0 amide bonds. The zero-order chi connectivity index (χ0) is 15.2. The molecule has 1 atom stereocenters. The lowest BCUT2D eigenvalue weighted by Gasteiger charge is -2.16. The molecule has 2 aromatic rings. The molecule has 1 heterocycles. The van der Waals surface area contributed by atoms with Gasteiger partial charge in [-0.3, -0.25) is 9.78 Å². The maximum absolute atomic E-state index is 11.4. The van der Waals surface area contributed by atoms with Gasteiger partial charge in [0.2, 0.25) is 0 Å². The first-order valence-corrected chi connectivity index (χ1v) is 6.65. The van der Waals surface area contributed by atoms with Gasteiger partial charge in [-0.15, -0.1) is 6.58 Å². The summed E-state index contributed by atoms with van der Waals surface area (Å²) in [6.07, 6.45) is 2.62. The minimum Gasteiger partial charge on any atom is -0.469 e. The van der Waals surface area contributed by atoms with Crippen molar-refractivity contribution in [3.63, 3.8) is 0 Å². The van der Waals surface area contributed by atoms with E-state index in [0.29, 0.717) is 24.1 Å². The van der Waals surface area contributed by atoms with Crippen LogP contribution in [0.2, 0.25) is 0 Å². The van der Waals surface area contributed by atoms with Crippen LogP contribution in [-0.4, -0.2) is 30.6 Å². The van der Waals surface area contributed by atoms with E-state index in [9.17, 15) is 9.59 Å². The molecule has 0 aliphatic carbocycles. The van der Waals surface area contributed by atoms with Gasteiger partial charge in [0, 0.05) is 12.6 Å². The summed E-state index contributed by atoms with van der Waals surface area (Å²) in [6, 6.07) is 5.41. The van der Waals surface area contributed by atoms with Crippen molar-refractivity contribution in [1.82, 2.24) is 10.3 Å². The summed E-state index contributed by atoms with van der Waals surface area (Å²) in [5, 5.41) is 3.22. The third-order valence-corrected chi connectivity index (χ3v) is 3.16. The van der Waals surface area contributed by atoms with E-state index in [0.717, 1.165) is 5.56 Å². The molecule has 1 unspecified atom stereocenters. The number of rotatable bonds is 7. The fraction of sp³-hybridized carbons (Fsp3) is 0.333. The molecule has 1 aromatic heterocycles. The molecule has 2 N–H and O–H groups in total. The molecule has 0 aliphatic rings. The van der Waals surface area contributed by atoms with Gasteiger partial charge in [0.1, 0.15) is 0 Å². The van der Waals surface area contributed by atoms with Gasteiger partial charge in [0.05, 0.1) is 19.0 Å². The Balaban J connectivity index is 2.13. The van der Waals surface area contributed by atoms with Crippen LogP contribution in [0.25, 0.3) is 11.1 Å². The van der Waals surface area contributed by atoms with Gasteiger partial charge in [0.25, 0.3) is 0 Å². The molecule has 0 radical (unpaired) electrons. The van der Waals surface area contributed by atoms with E-state index in [4.69, 9.17) is 9.15 Å². The molecular weight excluding hydrogens is 272 g/mol. The van der Waals surface area contributed by atoms with Gasteiger partial charge >= 0.3 is 11.7 Å². The summed E-state index contributed by atoms with van der Waals surface area (Å²) >= 11 is 0. The second kappa shape index (κ2) is 6.90. The van der Waals surface area contributed by atoms with Crippen molar-refractivity contribution in [2.75, 3.05) is 13.7 Å². The Kier molecular flexibility index (Phi) is 4.94. The van der Waals surface area contributed by atoms with Crippen molar-refractivity contribution in [1.29, 1.82) is 0 Å². The van der Waals surface area contributed by atoms with Gasteiger partial charge in [-0.2, -0.15) is 0 Å². The second-order valence-electron chi connectivity index (χ2n) is 4.72. The molecule has 0 fully saturated rings. The molecule has 0 spiro atoms.